The lowest BCUT2D eigenvalue weighted by atomic mass is 9.84. The number of aliphatic hydroxyl groups is 2. The Hall–Kier alpha value is -3.27. The van der Waals surface area contributed by atoms with E-state index in [4.69, 9.17) is 86.7 Å². The lowest BCUT2D eigenvalue weighted by Gasteiger charge is -2.38. The first-order chi connectivity index (χ1) is 33.4. The zero-order valence-corrected chi connectivity index (χ0v) is 42.0. The molecule has 5 atom stereocenters. The molecule has 4 N–H and O–H groups in total. The maximum absolute atomic E-state index is 10.6. The highest BCUT2D eigenvalue weighted by Gasteiger charge is 2.36. The Morgan fingerprint density at radius 2 is 1.26 bits per heavy atom. The maximum atomic E-state index is 10.6. The Morgan fingerprint density at radius 1 is 0.729 bits per heavy atom. The van der Waals surface area contributed by atoms with E-state index in [1.165, 1.54) is 6.92 Å². The van der Waals surface area contributed by atoms with Gasteiger partial charge in [0, 0.05) is 18.3 Å². The molecule has 22 nitrogen and oxygen atoms in total. The molecule has 0 spiro atoms. The van der Waals surface area contributed by atoms with E-state index in [1.54, 1.807) is 37.3 Å². The molecular formula is C48H80O22. The number of aromatic carboxylic acids is 1. The molecule has 1 aromatic carbocycles. The van der Waals surface area contributed by atoms with E-state index in [9.17, 15) is 14.4 Å². The second-order valence-electron chi connectivity index (χ2n) is 17.5. The standard InChI is InChI=1S/C9H16O4.C9H8O3.C8H14O4.C6H12O2.C6H10O2.C4H8O3.2C3H6O2/c1-6(8(10)11)7-4-12-9(2,3)13-5-7;10-9(11)7-3-1-6(2-4-7)8-5-12-8;1-6(9)10-4-7-5-11-8(2,3)12-7;1-2-6(3-7)4-8-5-6;1-2-3-7-4-6-5-8-6;1-2-6-4-7-3-5-1;4-1-3-2-5-3;1-2-5-3-4-1/h6-7H,4-5H2,1-3H3,(H,10,11);1-4,8H,5H2,(H,10,11);7H,4-5H2,1-3H3;7H,2-5H2,1H3;2,6H,1,3-5H2;1-4H2;3-4H,1-2H2;1-3H2. The largest absolute Gasteiger partial charge is 0.481 e. The van der Waals surface area contributed by atoms with Gasteiger partial charge < -0.3 is 91.5 Å². The first-order valence-corrected chi connectivity index (χ1v) is 23.4. The minimum Gasteiger partial charge on any atom is -0.481 e. The summed E-state index contributed by atoms with van der Waals surface area (Å²) in [5.41, 5.74) is 1.51. The topological polar surface area (TPSA) is 280 Å². The zero-order valence-electron chi connectivity index (χ0n) is 42.0. The fourth-order valence-corrected chi connectivity index (χ4v) is 5.43. The number of carboxylic acid groups (broad SMARTS) is 2. The molecule has 8 aliphatic heterocycles. The summed E-state index contributed by atoms with van der Waals surface area (Å²) in [4.78, 5) is 31.6. The first-order valence-electron chi connectivity index (χ1n) is 23.4. The van der Waals surface area contributed by atoms with E-state index in [0.29, 0.717) is 71.7 Å². The number of epoxide rings is 3. The molecule has 8 saturated heterocycles. The van der Waals surface area contributed by atoms with E-state index in [0.717, 1.165) is 64.8 Å². The van der Waals surface area contributed by atoms with E-state index >= 15 is 0 Å². The van der Waals surface area contributed by atoms with Crippen LogP contribution in [0.2, 0.25) is 0 Å². The molecule has 8 heterocycles. The monoisotopic (exact) mass is 1010 g/mol. The molecule has 0 aromatic heterocycles. The van der Waals surface area contributed by atoms with Gasteiger partial charge in [0.2, 0.25) is 0 Å². The molecule has 0 saturated carbocycles. The molecule has 0 radical (unpaired) electrons. The molecule has 0 aliphatic carbocycles. The summed E-state index contributed by atoms with van der Waals surface area (Å²) >= 11 is 0. The zero-order chi connectivity index (χ0) is 51.8. The number of esters is 1. The highest BCUT2D eigenvalue weighted by molar-refractivity contribution is 5.87. The number of aliphatic hydroxyl groups excluding tert-OH is 2. The lowest BCUT2D eigenvalue weighted by molar-refractivity contribution is -0.267. The number of aliphatic carboxylic acids is 1. The van der Waals surface area contributed by atoms with Crippen LogP contribution in [0.5, 0.6) is 0 Å². The Morgan fingerprint density at radius 3 is 1.59 bits per heavy atom. The van der Waals surface area contributed by atoms with Crippen molar-refractivity contribution in [2.45, 2.75) is 90.9 Å². The molecule has 5 unspecified atom stereocenters. The molecular weight excluding hydrogens is 929 g/mol. The number of carbonyl (C=O) groups excluding carboxylic acids is 1. The van der Waals surface area contributed by atoms with Crippen LogP contribution in [0, 0.1) is 17.3 Å². The molecule has 0 amide bonds. The normalized spacial score (nSPS) is 25.2. The minimum absolute atomic E-state index is 0.0366. The van der Waals surface area contributed by atoms with Crippen LogP contribution in [0.4, 0.5) is 0 Å². The average molecular weight is 1010 g/mol. The third-order valence-electron chi connectivity index (χ3n) is 10.5. The van der Waals surface area contributed by atoms with Gasteiger partial charge in [0.1, 0.15) is 51.4 Å². The molecule has 0 bridgehead atoms. The predicted octanol–water partition coefficient (Wildman–Crippen LogP) is 3.59. The summed E-state index contributed by atoms with van der Waals surface area (Å²) in [6.45, 7) is 27.5. The first kappa shape index (κ1) is 62.8. The third kappa shape index (κ3) is 30.6. The summed E-state index contributed by atoms with van der Waals surface area (Å²) in [5, 5.41) is 34.2. The van der Waals surface area contributed by atoms with Crippen molar-refractivity contribution in [3.05, 3.63) is 48.0 Å². The number of rotatable bonds is 13. The molecule has 8 aliphatic rings. The Kier molecular flexibility index (Phi) is 31.4. The van der Waals surface area contributed by atoms with E-state index in [2.05, 4.69) is 18.2 Å². The summed E-state index contributed by atoms with van der Waals surface area (Å²) in [6, 6.07) is 6.78. The number of carboxylic acids is 2. The van der Waals surface area contributed by atoms with Gasteiger partial charge in [-0.1, -0.05) is 32.1 Å². The van der Waals surface area contributed by atoms with Crippen LogP contribution in [0.1, 0.15) is 76.9 Å². The Bertz CT molecular complexity index is 1510. The number of hydrogen-bond acceptors (Lipinski definition) is 20. The van der Waals surface area contributed by atoms with Crippen LogP contribution in [0.3, 0.4) is 0 Å². The van der Waals surface area contributed by atoms with E-state index in [1.807, 2.05) is 27.7 Å². The summed E-state index contributed by atoms with van der Waals surface area (Å²) in [7, 11) is 0. The molecule has 8 fully saturated rings. The van der Waals surface area contributed by atoms with Gasteiger partial charge in [0.25, 0.3) is 0 Å². The predicted molar refractivity (Wildman–Crippen MR) is 248 cm³/mol. The fourth-order valence-electron chi connectivity index (χ4n) is 5.43. The van der Waals surface area contributed by atoms with Crippen molar-refractivity contribution in [3.8, 4) is 0 Å². The highest BCUT2D eigenvalue weighted by atomic mass is 16.8. The van der Waals surface area contributed by atoms with Crippen LogP contribution in [-0.2, 0) is 80.6 Å². The van der Waals surface area contributed by atoms with Crippen molar-refractivity contribution in [1.29, 1.82) is 0 Å². The van der Waals surface area contributed by atoms with Crippen molar-refractivity contribution in [1.82, 2.24) is 0 Å². The quantitative estimate of drug-likeness (QED) is 0.0951. The van der Waals surface area contributed by atoms with Crippen LogP contribution in [0.15, 0.2) is 36.9 Å². The smallest absolute Gasteiger partial charge is 0.335 e. The second kappa shape index (κ2) is 35.0. The molecule has 1 aromatic rings. The van der Waals surface area contributed by atoms with Crippen molar-refractivity contribution in [3.63, 3.8) is 0 Å². The number of ether oxygens (including phenoxy) is 15. The Labute approximate surface area is 411 Å². The van der Waals surface area contributed by atoms with Gasteiger partial charge in [-0.15, -0.1) is 6.58 Å². The average Bonchev–Trinajstić information content (AvgIpc) is 4.23. The van der Waals surface area contributed by atoms with Gasteiger partial charge in [-0.2, -0.15) is 0 Å². The Balaban J connectivity index is 0.000000280. The maximum Gasteiger partial charge on any atom is 0.335 e. The molecule has 70 heavy (non-hydrogen) atoms. The highest BCUT2D eigenvalue weighted by Crippen LogP contribution is 2.30. The van der Waals surface area contributed by atoms with Crippen molar-refractivity contribution in [2.24, 2.45) is 17.3 Å². The summed E-state index contributed by atoms with van der Waals surface area (Å²) in [6.07, 6.45) is 3.42. The fraction of sp³-hybridized carbons (Fsp3) is 0.771. The minimum atomic E-state index is -0.890. The number of benzene rings is 1. The van der Waals surface area contributed by atoms with Gasteiger partial charge in [0.15, 0.2) is 11.6 Å². The van der Waals surface area contributed by atoms with Crippen molar-refractivity contribution < 1.29 is 106 Å². The summed E-state index contributed by atoms with van der Waals surface area (Å²) in [5.74, 6) is -3.51. The van der Waals surface area contributed by atoms with Crippen LogP contribution in [-0.4, -0.2) is 201 Å². The van der Waals surface area contributed by atoms with E-state index in [-0.39, 0.29) is 55.4 Å². The van der Waals surface area contributed by atoms with E-state index < -0.39 is 29.4 Å². The lowest BCUT2D eigenvalue weighted by Crippen LogP contribution is -2.44. The number of carbonyl (C=O) groups is 3. The second-order valence-corrected chi connectivity index (χ2v) is 17.5. The van der Waals surface area contributed by atoms with Gasteiger partial charge in [-0.3, -0.25) is 9.59 Å². The van der Waals surface area contributed by atoms with Crippen LogP contribution in [0.25, 0.3) is 0 Å². The van der Waals surface area contributed by atoms with Crippen molar-refractivity contribution in [2.75, 3.05) is 133 Å². The van der Waals surface area contributed by atoms with Crippen LogP contribution < -0.4 is 0 Å². The van der Waals surface area contributed by atoms with Crippen LogP contribution >= 0.6 is 0 Å². The SMILES string of the molecule is C1COCO1.C1COCOCO1.C=CCOCC1CO1.CC(=O)OCC1COC(C)(C)O1.CC(C(=O)O)C1COC(C)(C)OC1.CCC1(CO)COC1.O=C(O)c1ccc(C2CO2)cc1.OCC1CO1. The molecule has 9 rings (SSSR count). The van der Waals surface area contributed by atoms with Crippen molar-refractivity contribution >= 4 is 17.9 Å². The summed E-state index contributed by atoms with van der Waals surface area (Å²) < 4.78 is 74.6. The van der Waals surface area contributed by atoms with Gasteiger partial charge in [-0.05, 0) is 51.8 Å². The third-order valence-corrected chi connectivity index (χ3v) is 10.5. The molecule has 22 heteroatoms. The van der Waals surface area contributed by atoms with Gasteiger partial charge in [-0.25, -0.2) is 4.79 Å². The number of hydrogen-bond donors (Lipinski definition) is 4. The van der Waals surface area contributed by atoms with Gasteiger partial charge in [0.05, 0.1) is 117 Å². The molecule has 404 valence electrons. The van der Waals surface area contributed by atoms with Gasteiger partial charge >= 0.3 is 17.9 Å².